The normalized spacial score (nSPS) is 16.2. The molecule has 4 rings (SSSR count). The summed E-state index contributed by atoms with van der Waals surface area (Å²) in [5.41, 5.74) is 2.29. The summed E-state index contributed by atoms with van der Waals surface area (Å²) >= 11 is 0. The molecule has 0 heterocycles. The minimum Gasteiger partial charge on any atom is -0.496 e. The number of hydrogen-bond donors (Lipinski definition) is 1. The maximum atomic E-state index is 13.5. The third kappa shape index (κ3) is 4.55. The van der Waals surface area contributed by atoms with Crippen LogP contribution >= 0.6 is 0 Å². The first-order chi connectivity index (χ1) is 16.1. The first-order valence-electron chi connectivity index (χ1n) is 10.9. The number of rotatable bonds is 7. The van der Waals surface area contributed by atoms with Crippen LogP contribution in [0, 0.1) is 0 Å². The van der Waals surface area contributed by atoms with Gasteiger partial charge in [-0.05, 0) is 75.3 Å². The van der Waals surface area contributed by atoms with Gasteiger partial charge >= 0.3 is 0 Å². The molecule has 34 heavy (non-hydrogen) atoms. The van der Waals surface area contributed by atoms with Crippen LogP contribution in [-0.4, -0.2) is 49.0 Å². The monoisotopic (exact) mass is 500 g/mol. The van der Waals surface area contributed by atoms with Gasteiger partial charge in [0.2, 0.25) is 9.84 Å². The van der Waals surface area contributed by atoms with Crippen molar-refractivity contribution in [3.8, 4) is 5.75 Å². The zero-order valence-electron chi connectivity index (χ0n) is 19.4. The van der Waals surface area contributed by atoms with Crippen molar-refractivity contribution in [2.24, 2.45) is 0 Å². The molecule has 0 radical (unpaired) electrons. The largest absolute Gasteiger partial charge is 0.496 e. The van der Waals surface area contributed by atoms with Gasteiger partial charge in [-0.25, -0.2) is 16.8 Å². The minimum atomic E-state index is -4.20. The number of benzene rings is 3. The SMILES string of the molecule is COc1ccc(NS(=O)(=O)c2ccccc2S(=O)(=O)c2ccccc2)c2c1C[C@@H](N(C)C)CC2. The van der Waals surface area contributed by atoms with Crippen molar-refractivity contribution in [2.75, 3.05) is 25.9 Å². The molecule has 0 unspecified atom stereocenters. The first-order valence-corrected chi connectivity index (χ1v) is 13.9. The number of nitrogens with zero attached hydrogens (tertiary/aromatic N) is 1. The van der Waals surface area contributed by atoms with Gasteiger partial charge in [-0.3, -0.25) is 4.72 Å². The molecular formula is C25H28N2O5S2. The fourth-order valence-electron chi connectivity index (χ4n) is 4.38. The van der Waals surface area contributed by atoms with Gasteiger partial charge in [-0.1, -0.05) is 30.3 Å². The van der Waals surface area contributed by atoms with Crippen LogP contribution in [0.15, 0.2) is 81.4 Å². The van der Waals surface area contributed by atoms with Gasteiger partial charge in [0, 0.05) is 11.6 Å². The highest BCUT2D eigenvalue weighted by molar-refractivity contribution is 7.95. The number of sulfonamides is 1. The second-order valence-corrected chi connectivity index (χ2v) is 12.1. The Bertz CT molecular complexity index is 1400. The molecule has 0 saturated heterocycles. The van der Waals surface area contributed by atoms with Crippen LogP contribution in [0.1, 0.15) is 17.5 Å². The highest BCUT2D eigenvalue weighted by Gasteiger charge is 2.30. The molecule has 0 spiro atoms. The van der Waals surface area contributed by atoms with E-state index >= 15 is 0 Å². The smallest absolute Gasteiger partial charge is 0.263 e. The van der Waals surface area contributed by atoms with E-state index in [9.17, 15) is 16.8 Å². The molecular weight excluding hydrogens is 472 g/mol. The Morgan fingerprint density at radius 3 is 2.15 bits per heavy atom. The fourth-order valence-corrected chi connectivity index (χ4v) is 7.58. The molecule has 1 N–H and O–H groups in total. The van der Waals surface area contributed by atoms with Crippen molar-refractivity contribution >= 4 is 25.5 Å². The van der Waals surface area contributed by atoms with Crippen LogP contribution in [0.2, 0.25) is 0 Å². The lowest BCUT2D eigenvalue weighted by atomic mass is 9.86. The molecule has 3 aromatic rings. The predicted molar refractivity (Wildman–Crippen MR) is 132 cm³/mol. The van der Waals surface area contributed by atoms with E-state index in [-0.39, 0.29) is 14.7 Å². The van der Waals surface area contributed by atoms with Crippen LogP contribution in [0.25, 0.3) is 0 Å². The molecule has 0 fully saturated rings. The predicted octanol–water partition coefficient (Wildman–Crippen LogP) is 3.75. The van der Waals surface area contributed by atoms with Gasteiger partial charge in [0.1, 0.15) is 10.6 Å². The molecule has 1 atom stereocenters. The van der Waals surface area contributed by atoms with Crippen molar-refractivity contribution in [3.05, 3.63) is 77.9 Å². The van der Waals surface area contributed by atoms with Gasteiger partial charge in [-0.2, -0.15) is 0 Å². The Hall–Kier alpha value is -2.88. The molecule has 0 saturated carbocycles. The molecule has 1 aliphatic carbocycles. The van der Waals surface area contributed by atoms with Gasteiger partial charge in [0.25, 0.3) is 10.0 Å². The summed E-state index contributed by atoms with van der Waals surface area (Å²) in [6, 6.07) is 17.2. The Kier molecular flexibility index (Phi) is 6.71. The summed E-state index contributed by atoms with van der Waals surface area (Å²) in [6.45, 7) is 0. The van der Waals surface area contributed by atoms with E-state index in [1.165, 1.54) is 36.4 Å². The second kappa shape index (κ2) is 9.40. The van der Waals surface area contributed by atoms with Gasteiger partial charge in [0.05, 0.1) is 22.6 Å². The Morgan fingerprint density at radius 2 is 1.50 bits per heavy atom. The van der Waals surface area contributed by atoms with E-state index in [2.05, 4.69) is 9.62 Å². The van der Waals surface area contributed by atoms with Crippen LogP contribution in [-0.2, 0) is 32.7 Å². The Balaban J connectivity index is 1.76. The fraction of sp³-hybridized carbons (Fsp3) is 0.280. The van der Waals surface area contributed by atoms with Crippen LogP contribution in [0.5, 0.6) is 5.75 Å². The lowest BCUT2D eigenvalue weighted by molar-refractivity contribution is 0.265. The summed E-state index contributed by atoms with van der Waals surface area (Å²) in [5.74, 6) is 0.719. The minimum absolute atomic E-state index is 0.0363. The van der Waals surface area contributed by atoms with E-state index < -0.39 is 19.9 Å². The van der Waals surface area contributed by atoms with Crippen molar-refractivity contribution in [2.45, 2.75) is 40.0 Å². The van der Waals surface area contributed by atoms with Crippen molar-refractivity contribution in [3.63, 3.8) is 0 Å². The number of anilines is 1. The number of ether oxygens (including phenoxy) is 1. The van der Waals surface area contributed by atoms with E-state index in [1.54, 1.807) is 37.4 Å². The van der Waals surface area contributed by atoms with Gasteiger partial charge < -0.3 is 9.64 Å². The first kappa shape index (κ1) is 24.3. The molecule has 180 valence electrons. The standard InChI is InChI=1S/C25H28N2O5S2/c1-27(2)18-13-14-20-21(17-18)23(32-3)16-15-22(20)26-34(30,31)25-12-8-7-11-24(25)33(28,29)19-9-5-4-6-10-19/h4-12,15-16,18,26H,13-14,17H2,1-3H3/t18-/m0/s1. The average Bonchev–Trinajstić information content (AvgIpc) is 2.84. The number of sulfone groups is 1. The lowest BCUT2D eigenvalue weighted by Gasteiger charge is -2.32. The molecule has 0 aromatic heterocycles. The van der Waals surface area contributed by atoms with Crippen molar-refractivity contribution in [1.29, 1.82) is 0 Å². The molecule has 3 aromatic carbocycles. The third-order valence-electron chi connectivity index (χ3n) is 6.23. The Labute approximate surface area is 201 Å². The zero-order chi connectivity index (χ0) is 24.5. The van der Waals surface area contributed by atoms with Crippen molar-refractivity contribution < 1.29 is 21.6 Å². The van der Waals surface area contributed by atoms with E-state index in [1.807, 2.05) is 14.1 Å². The molecule has 1 aliphatic rings. The summed E-state index contributed by atoms with van der Waals surface area (Å²) < 4.78 is 61.7. The third-order valence-corrected chi connectivity index (χ3v) is 9.61. The summed E-state index contributed by atoms with van der Waals surface area (Å²) in [6.07, 6.45) is 2.29. The molecule has 0 bridgehead atoms. The highest BCUT2D eigenvalue weighted by atomic mass is 32.2. The van der Waals surface area contributed by atoms with E-state index in [0.717, 1.165) is 29.7 Å². The summed E-state index contributed by atoms with van der Waals surface area (Å²) in [4.78, 5) is 1.65. The van der Waals surface area contributed by atoms with Crippen molar-refractivity contribution in [1.82, 2.24) is 4.90 Å². The van der Waals surface area contributed by atoms with Crippen LogP contribution in [0.3, 0.4) is 0 Å². The van der Waals surface area contributed by atoms with Gasteiger partial charge in [0.15, 0.2) is 0 Å². The molecule has 0 aliphatic heterocycles. The number of methoxy groups -OCH3 is 1. The Morgan fingerprint density at radius 1 is 0.853 bits per heavy atom. The number of nitrogens with one attached hydrogen (secondary N) is 1. The topological polar surface area (TPSA) is 92.8 Å². The molecule has 7 nitrogen and oxygen atoms in total. The second-order valence-electron chi connectivity index (χ2n) is 8.50. The molecule has 0 amide bonds. The zero-order valence-corrected chi connectivity index (χ0v) is 21.0. The van der Waals surface area contributed by atoms with Crippen LogP contribution in [0.4, 0.5) is 5.69 Å². The average molecular weight is 501 g/mol. The van der Waals surface area contributed by atoms with E-state index in [4.69, 9.17) is 4.74 Å². The van der Waals surface area contributed by atoms with E-state index in [0.29, 0.717) is 18.2 Å². The maximum Gasteiger partial charge on any atom is 0.263 e. The quantitative estimate of drug-likeness (QED) is 0.531. The summed E-state index contributed by atoms with van der Waals surface area (Å²) in [5, 5.41) is 0. The number of hydrogen-bond acceptors (Lipinski definition) is 6. The number of fused-ring (bicyclic) bond motifs is 1. The van der Waals surface area contributed by atoms with Gasteiger partial charge in [-0.15, -0.1) is 0 Å². The lowest BCUT2D eigenvalue weighted by Crippen LogP contribution is -2.34. The summed E-state index contributed by atoms with van der Waals surface area (Å²) in [7, 11) is -2.58. The molecule has 9 heteroatoms. The maximum absolute atomic E-state index is 13.5. The number of likely N-dealkylation sites (N-methyl/N-ethyl adjacent to an activating group) is 1. The van der Waals surface area contributed by atoms with Crippen LogP contribution < -0.4 is 9.46 Å². The highest BCUT2D eigenvalue weighted by Crippen LogP contribution is 2.37.